The number of rotatable bonds is 11. The molecular formula is C31H51N5O7. The van der Waals surface area contributed by atoms with E-state index in [1.54, 1.807) is 20.8 Å². The van der Waals surface area contributed by atoms with Crippen molar-refractivity contribution in [3.8, 4) is 0 Å². The second kappa shape index (κ2) is 14.1. The number of ether oxygens (including phenoxy) is 1. The topological polar surface area (TPSA) is 177 Å². The summed E-state index contributed by atoms with van der Waals surface area (Å²) in [6.07, 6.45) is 7.53. The maximum Gasteiger partial charge on any atom is 0.329 e. The number of nitrogens with one attached hydrogen (secondary N) is 3. The third-order valence-electron chi connectivity index (χ3n) is 8.72. The summed E-state index contributed by atoms with van der Waals surface area (Å²) in [4.78, 5) is 79.4. The standard InChI is InChI=1S/C31H51N5O7/c1-30(2,3)24(28(41)43-31(4,5)6)35-29(42)34-22(19-13-7-8-14-19)27(40)36-16-10-15-21(36)26(39)33-20(23(37)25(32)38)17-18-11-9-12-18/h18-22,24H,7-17H2,1-6H3,(H2,32,38)(H,33,39)(H2,34,35,42)/t20?,21-,22?,24+/m0/s1. The predicted molar refractivity (Wildman–Crippen MR) is 159 cm³/mol. The van der Waals surface area contributed by atoms with Gasteiger partial charge in [-0.3, -0.25) is 19.2 Å². The molecule has 4 atom stereocenters. The van der Waals surface area contributed by atoms with Crippen LogP contribution >= 0.6 is 0 Å². The molecule has 3 aliphatic rings. The van der Waals surface area contributed by atoms with Gasteiger partial charge in [-0.15, -0.1) is 0 Å². The van der Waals surface area contributed by atoms with Crippen molar-refractivity contribution >= 4 is 35.5 Å². The fourth-order valence-electron chi connectivity index (χ4n) is 6.19. The molecule has 3 fully saturated rings. The van der Waals surface area contributed by atoms with Crippen molar-refractivity contribution in [3.63, 3.8) is 0 Å². The van der Waals surface area contributed by atoms with Gasteiger partial charge in [0.1, 0.15) is 23.7 Å². The maximum atomic E-state index is 14.0. The minimum Gasteiger partial charge on any atom is -0.458 e. The summed E-state index contributed by atoms with van der Waals surface area (Å²) in [5.41, 5.74) is 3.85. The predicted octanol–water partition coefficient (Wildman–Crippen LogP) is 2.32. The number of hydrogen-bond acceptors (Lipinski definition) is 7. The van der Waals surface area contributed by atoms with E-state index in [1.165, 1.54) is 4.90 Å². The molecule has 242 valence electrons. The van der Waals surface area contributed by atoms with Crippen LogP contribution in [0.3, 0.4) is 0 Å². The number of ketones is 1. The molecule has 0 aromatic rings. The average molecular weight is 606 g/mol. The first-order valence-electron chi connectivity index (χ1n) is 15.7. The van der Waals surface area contributed by atoms with E-state index in [2.05, 4.69) is 16.0 Å². The van der Waals surface area contributed by atoms with E-state index in [0.717, 1.165) is 44.9 Å². The number of carbonyl (C=O) groups is 6. The minimum absolute atomic E-state index is 0.125. The van der Waals surface area contributed by atoms with Crippen LogP contribution in [0.25, 0.3) is 0 Å². The Morgan fingerprint density at radius 3 is 1.98 bits per heavy atom. The highest BCUT2D eigenvalue weighted by Gasteiger charge is 2.43. The molecule has 5 amide bonds. The Morgan fingerprint density at radius 2 is 1.47 bits per heavy atom. The van der Waals surface area contributed by atoms with E-state index in [9.17, 15) is 28.8 Å². The van der Waals surface area contributed by atoms with E-state index in [0.29, 0.717) is 25.8 Å². The first-order chi connectivity index (χ1) is 20.0. The summed E-state index contributed by atoms with van der Waals surface area (Å²) in [5, 5.41) is 8.28. The summed E-state index contributed by atoms with van der Waals surface area (Å²) in [6, 6.07) is -4.39. The van der Waals surface area contributed by atoms with Crippen LogP contribution < -0.4 is 21.7 Å². The fourth-order valence-corrected chi connectivity index (χ4v) is 6.19. The molecule has 5 N–H and O–H groups in total. The van der Waals surface area contributed by atoms with Crippen molar-refractivity contribution in [3.05, 3.63) is 0 Å². The Balaban J connectivity index is 1.75. The maximum absolute atomic E-state index is 14.0. The van der Waals surface area contributed by atoms with Gasteiger partial charge in [0.15, 0.2) is 0 Å². The minimum atomic E-state index is -1.10. The zero-order chi connectivity index (χ0) is 32.1. The van der Waals surface area contributed by atoms with Crippen LogP contribution in [0.1, 0.15) is 106 Å². The normalized spacial score (nSPS) is 21.7. The lowest BCUT2D eigenvalue weighted by Gasteiger charge is -2.35. The van der Waals surface area contributed by atoms with Crippen molar-refractivity contribution in [2.24, 2.45) is 23.0 Å². The van der Waals surface area contributed by atoms with Crippen molar-refractivity contribution in [1.29, 1.82) is 0 Å². The van der Waals surface area contributed by atoms with Crippen molar-refractivity contribution in [1.82, 2.24) is 20.9 Å². The van der Waals surface area contributed by atoms with Gasteiger partial charge in [-0.05, 0) is 70.1 Å². The van der Waals surface area contributed by atoms with Crippen molar-refractivity contribution in [2.75, 3.05) is 6.54 Å². The van der Waals surface area contributed by atoms with Crippen molar-refractivity contribution < 1.29 is 33.5 Å². The Morgan fingerprint density at radius 1 is 0.837 bits per heavy atom. The van der Waals surface area contributed by atoms with Gasteiger partial charge in [0.05, 0.1) is 6.04 Å². The summed E-state index contributed by atoms with van der Waals surface area (Å²) >= 11 is 0. The number of Topliss-reactive ketones (excluding diaryl/α,β-unsaturated/α-hetero) is 1. The van der Waals surface area contributed by atoms with Crippen LogP contribution in [0.15, 0.2) is 0 Å². The van der Waals surface area contributed by atoms with Gasteiger partial charge in [0.25, 0.3) is 5.91 Å². The molecular weight excluding hydrogens is 554 g/mol. The summed E-state index contributed by atoms with van der Waals surface area (Å²) in [6.45, 7) is 11.0. The molecule has 1 heterocycles. The number of primary amides is 1. The summed E-state index contributed by atoms with van der Waals surface area (Å²) in [5.74, 6) is -3.27. The molecule has 0 bridgehead atoms. The van der Waals surface area contributed by atoms with E-state index in [-0.39, 0.29) is 17.7 Å². The Kier molecular flexibility index (Phi) is 11.2. The van der Waals surface area contributed by atoms with Crippen LogP contribution in [-0.2, 0) is 28.7 Å². The van der Waals surface area contributed by atoms with Crippen LogP contribution in [0.2, 0.25) is 0 Å². The number of nitrogens with zero attached hydrogens (tertiary/aromatic N) is 1. The molecule has 0 aromatic heterocycles. The summed E-state index contributed by atoms with van der Waals surface area (Å²) < 4.78 is 5.55. The number of likely N-dealkylation sites (tertiary alicyclic amines) is 1. The van der Waals surface area contributed by atoms with Crippen LogP contribution in [-0.4, -0.2) is 76.7 Å². The quantitative estimate of drug-likeness (QED) is 0.206. The fraction of sp³-hybridized carbons (Fsp3) is 0.806. The molecule has 0 radical (unpaired) electrons. The Hall–Kier alpha value is -3.18. The second-order valence-electron chi connectivity index (χ2n) is 14.5. The molecule has 12 heteroatoms. The van der Waals surface area contributed by atoms with Crippen molar-refractivity contribution in [2.45, 2.75) is 136 Å². The second-order valence-corrected chi connectivity index (χ2v) is 14.5. The lowest BCUT2D eigenvalue weighted by Crippen LogP contribution is -2.60. The highest BCUT2D eigenvalue weighted by Crippen LogP contribution is 2.32. The van der Waals surface area contributed by atoms with Crippen LogP contribution in [0, 0.1) is 17.3 Å². The number of nitrogens with two attached hydrogens (primary N) is 1. The molecule has 1 aliphatic heterocycles. The van der Waals surface area contributed by atoms with E-state index in [1.807, 2.05) is 20.8 Å². The summed E-state index contributed by atoms with van der Waals surface area (Å²) in [7, 11) is 0. The van der Waals surface area contributed by atoms with Gasteiger partial charge in [-0.1, -0.05) is 52.9 Å². The van der Waals surface area contributed by atoms with Gasteiger partial charge in [-0.25, -0.2) is 9.59 Å². The third-order valence-corrected chi connectivity index (χ3v) is 8.72. The van der Waals surface area contributed by atoms with Gasteiger partial charge in [-0.2, -0.15) is 0 Å². The molecule has 0 spiro atoms. The van der Waals surface area contributed by atoms with Gasteiger partial charge in [0.2, 0.25) is 17.6 Å². The van der Waals surface area contributed by atoms with E-state index < -0.39 is 64.8 Å². The molecule has 12 nitrogen and oxygen atoms in total. The zero-order valence-electron chi connectivity index (χ0n) is 26.6. The monoisotopic (exact) mass is 605 g/mol. The molecule has 3 rings (SSSR count). The number of esters is 1. The van der Waals surface area contributed by atoms with E-state index >= 15 is 0 Å². The largest absolute Gasteiger partial charge is 0.458 e. The van der Waals surface area contributed by atoms with Gasteiger partial charge < -0.3 is 31.3 Å². The van der Waals surface area contributed by atoms with Gasteiger partial charge in [0, 0.05) is 6.54 Å². The SMILES string of the molecule is CC(C)(C)OC(=O)[C@@H](NC(=O)NC(C(=O)N1CCC[C@H]1C(=O)NC(CC1CCC1)C(=O)C(N)=O)C1CCCC1)C(C)(C)C. The first kappa shape index (κ1) is 34.3. The lowest BCUT2D eigenvalue weighted by atomic mass is 9.80. The molecule has 0 aromatic carbocycles. The Labute approximate surface area is 255 Å². The van der Waals surface area contributed by atoms with E-state index in [4.69, 9.17) is 10.5 Å². The van der Waals surface area contributed by atoms with Crippen LogP contribution in [0.5, 0.6) is 0 Å². The van der Waals surface area contributed by atoms with Crippen LogP contribution in [0.4, 0.5) is 4.79 Å². The number of amides is 5. The Bertz CT molecular complexity index is 1070. The average Bonchev–Trinajstić information content (AvgIpc) is 3.57. The third kappa shape index (κ3) is 9.40. The number of urea groups is 1. The zero-order valence-corrected chi connectivity index (χ0v) is 26.6. The molecule has 1 saturated heterocycles. The van der Waals surface area contributed by atoms with Gasteiger partial charge >= 0.3 is 12.0 Å². The molecule has 2 unspecified atom stereocenters. The lowest BCUT2D eigenvalue weighted by molar-refractivity contribution is -0.160. The first-order valence-corrected chi connectivity index (χ1v) is 15.7. The molecule has 43 heavy (non-hydrogen) atoms. The molecule has 2 saturated carbocycles. The smallest absolute Gasteiger partial charge is 0.329 e. The number of carbonyl (C=O) groups excluding carboxylic acids is 6. The molecule has 2 aliphatic carbocycles. The highest BCUT2D eigenvalue weighted by atomic mass is 16.6. The highest BCUT2D eigenvalue weighted by molar-refractivity contribution is 6.37. The number of hydrogen-bond donors (Lipinski definition) is 4.